The van der Waals surface area contributed by atoms with Crippen molar-refractivity contribution in [2.45, 2.75) is 31.4 Å². The van der Waals surface area contributed by atoms with Gasteiger partial charge in [0.15, 0.2) is 17.5 Å². The molecule has 11 heteroatoms. The molecule has 0 unspecified atom stereocenters. The Morgan fingerprint density at radius 2 is 1.69 bits per heavy atom. The maximum absolute atomic E-state index is 15.0. The lowest BCUT2D eigenvalue weighted by atomic mass is 9.99. The third-order valence-electron chi connectivity index (χ3n) is 5.61. The lowest BCUT2D eigenvalue weighted by Crippen LogP contribution is -2.19. The van der Waals surface area contributed by atoms with Crippen LogP contribution in [-0.4, -0.2) is 19.6 Å². The van der Waals surface area contributed by atoms with Crippen LogP contribution < -0.4 is 15.8 Å². The van der Waals surface area contributed by atoms with Crippen molar-refractivity contribution in [2.75, 3.05) is 10.0 Å². The first-order valence-corrected chi connectivity index (χ1v) is 12.2. The van der Waals surface area contributed by atoms with Gasteiger partial charge in [-0.2, -0.15) is 0 Å². The minimum atomic E-state index is -3.75. The molecule has 1 fully saturated rings. The number of aryl methyl sites for hydroxylation is 1. The van der Waals surface area contributed by atoms with Gasteiger partial charge in [-0.1, -0.05) is 18.2 Å². The van der Waals surface area contributed by atoms with Gasteiger partial charge in [0.05, 0.1) is 27.9 Å². The molecule has 1 saturated carbocycles. The van der Waals surface area contributed by atoms with Crippen molar-refractivity contribution in [3.05, 3.63) is 88.0 Å². The van der Waals surface area contributed by atoms with Crippen LogP contribution in [0.15, 0.2) is 42.5 Å². The smallest absolute Gasteiger partial charge is 0.250 e. The number of amides is 1. The Hall–Kier alpha value is -3.60. The molecule has 35 heavy (non-hydrogen) atoms. The number of nitrogens with one attached hydrogen (secondary N) is 2. The van der Waals surface area contributed by atoms with Crippen LogP contribution in [-0.2, 0) is 16.4 Å². The van der Waals surface area contributed by atoms with E-state index >= 15 is 8.78 Å². The normalized spacial score (nSPS) is 13.5. The minimum Gasteiger partial charge on any atom is -0.366 e. The quantitative estimate of drug-likeness (QED) is 0.378. The number of carbonyl (C=O) groups excluding carboxylic acids is 1. The molecule has 0 bridgehead atoms. The summed E-state index contributed by atoms with van der Waals surface area (Å²) in [5, 5.41) is 1.78. The summed E-state index contributed by atoms with van der Waals surface area (Å²) < 4.78 is 85.8. The molecule has 0 atom stereocenters. The summed E-state index contributed by atoms with van der Waals surface area (Å²) in [7, 11) is -3.75. The number of nitrogens with two attached hydrogens (primary N) is 1. The summed E-state index contributed by atoms with van der Waals surface area (Å²) in [5.41, 5.74) is 3.76. The Morgan fingerprint density at radius 3 is 2.31 bits per heavy atom. The van der Waals surface area contributed by atoms with Crippen molar-refractivity contribution in [3.63, 3.8) is 0 Å². The number of sulfonamides is 1. The standard InChI is InChI=1S/C24H21F4N3O3S/c1-12-5-8-18(17(25)9-12)30-23-16(24(29)32)11-14(21(27)22(23)28)10-13-3-2-4-19(20(13)26)31-35(33,34)15-6-7-15/h2-5,8-9,11,15,30-31H,6-7,10H2,1H3,(H2,29,32). The molecular formula is C24H21F4N3O3S. The highest BCUT2D eigenvalue weighted by molar-refractivity contribution is 7.93. The Kier molecular flexibility index (Phi) is 6.46. The largest absolute Gasteiger partial charge is 0.366 e. The summed E-state index contributed by atoms with van der Waals surface area (Å²) >= 11 is 0. The number of halogens is 4. The van der Waals surface area contributed by atoms with Crippen LogP contribution >= 0.6 is 0 Å². The molecule has 3 aromatic carbocycles. The monoisotopic (exact) mass is 507 g/mol. The van der Waals surface area contributed by atoms with Crippen LogP contribution in [0.2, 0.25) is 0 Å². The van der Waals surface area contributed by atoms with Gasteiger partial charge >= 0.3 is 0 Å². The summed E-state index contributed by atoms with van der Waals surface area (Å²) in [6, 6.07) is 8.81. The predicted octanol–water partition coefficient (Wildman–Crippen LogP) is 4.89. The fourth-order valence-electron chi connectivity index (χ4n) is 3.60. The maximum atomic E-state index is 15.0. The topological polar surface area (TPSA) is 101 Å². The Labute approximate surface area is 199 Å². The van der Waals surface area contributed by atoms with Crippen LogP contribution in [0.5, 0.6) is 0 Å². The van der Waals surface area contributed by atoms with Gasteiger partial charge in [-0.25, -0.2) is 26.0 Å². The van der Waals surface area contributed by atoms with E-state index in [0.717, 1.165) is 6.07 Å². The van der Waals surface area contributed by atoms with Gasteiger partial charge in [0.2, 0.25) is 10.0 Å². The zero-order valence-electron chi connectivity index (χ0n) is 18.5. The average Bonchev–Trinajstić information content (AvgIpc) is 3.63. The van der Waals surface area contributed by atoms with E-state index in [4.69, 9.17) is 5.73 Å². The van der Waals surface area contributed by atoms with E-state index in [2.05, 4.69) is 10.0 Å². The first kappa shape index (κ1) is 24.5. The van der Waals surface area contributed by atoms with Crippen LogP contribution in [0.4, 0.5) is 34.6 Å². The van der Waals surface area contributed by atoms with Gasteiger partial charge in [0, 0.05) is 6.42 Å². The molecule has 1 aliphatic rings. The second-order valence-corrected chi connectivity index (χ2v) is 10.3. The number of rotatable bonds is 8. The minimum absolute atomic E-state index is 0.139. The number of benzene rings is 3. The van der Waals surface area contributed by atoms with Crippen LogP contribution in [0.25, 0.3) is 0 Å². The van der Waals surface area contributed by atoms with Gasteiger partial charge in [0.1, 0.15) is 5.82 Å². The predicted molar refractivity (Wildman–Crippen MR) is 124 cm³/mol. The lowest BCUT2D eigenvalue weighted by Gasteiger charge is -2.16. The molecule has 1 aliphatic carbocycles. The van der Waals surface area contributed by atoms with E-state index in [0.29, 0.717) is 18.4 Å². The number of anilines is 3. The van der Waals surface area contributed by atoms with Gasteiger partial charge in [-0.3, -0.25) is 9.52 Å². The highest BCUT2D eigenvalue weighted by Gasteiger charge is 2.36. The molecule has 0 aliphatic heterocycles. The van der Waals surface area contributed by atoms with E-state index < -0.39 is 67.7 Å². The van der Waals surface area contributed by atoms with Gasteiger partial charge in [0.25, 0.3) is 5.91 Å². The van der Waals surface area contributed by atoms with Gasteiger partial charge in [-0.15, -0.1) is 0 Å². The Bertz CT molecular complexity index is 1440. The van der Waals surface area contributed by atoms with E-state index in [1.54, 1.807) is 6.92 Å². The molecule has 3 aromatic rings. The SMILES string of the molecule is Cc1ccc(Nc2c(C(N)=O)cc(Cc3cccc(NS(=O)(=O)C4CC4)c3F)c(F)c2F)c(F)c1. The van der Waals surface area contributed by atoms with Crippen molar-refractivity contribution < 1.29 is 30.8 Å². The van der Waals surface area contributed by atoms with E-state index in [1.807, 2.05) is 0 Å². The summed E-state index contributed by atoms with van der Waals surface area (Å²) in [6.07, 6.45) is 0.445. The molecule has 1 amide bonds. The molecular weight excluding hydrogens is 486 g/mol. The molecule has 184 valence electrons. The molecule has 0 heterocycles. The molecule has 0 spiro atoms. The fraction of sp³-hybridized carbons (Fsp3) is 0.208. The van der Waals surface area contributed by atoms with Crippen molar-refractivity contribution >= 4 is 33.0 Å². The summed E-state index contributed by atoms with van der Waals surface area (Å²) in [4.78, 5) is 12.0. The first-order chi connectivity index (χ1) is 16.5. The van der Waals surface area contributed by atoms with E-state index in [1.165, 1.54) is 36.4 Å². The van der Waals surface area contributed by atoms with Crippen molar-refractivity contribution in [3.8, 4) is 0 Å². The van der Waals surface area contributed by atoms with Crippen LogP contribution in [0.1, 0.15) is 39.9 Å². The van der Waals surface area contributed by atoms with Crippen molar-refractivity contribution in [1.82, 2.24) is 0 Å². The summed E-state index contributed by atoms with van der Waals surface area (Å²) in [6.45, 7) is 1.64. The second-order valence-electron chi connectivity index (χ2n) is 8.36. The number of carbonyl (C=O) groups is 1. The third-order valence-corrected chi connectivity index (χ3v) is 7.46. The van der Waals surface area contributed by atoms with Crippen LogP contribution in [0, 0.1) is 30.2 Å². The third kappa shape index (κ3) is 5.09. The van der Waals surface area contributed by atoms with Gasteiger partial charge in [-0.05, 0) is 60.7 Å². The Balaban J connectivity index is 1.70. The number of hydrogen-bond donors (Lipinski definition) is 3. The highest BCUT2D eigenvalue weighted by Crippen LogP contribution is 2.33. The van der Waals surface area contributed by atoms with E-state index in [-0.39, 0.29) is 16.9 Å². The number of primary amides is 1. The van der Waals surface area contributed by atoms with Crippen molar-refractivity contribution in [2.24, 2.45) is 5.73 Å². The second kappa shape index (κ2) is 9.21. The maximum Gasteiger partial charge on any atom is 0.250 e. The molecule has 0 aromatic heterocycles. The number of hydrogen-bond acceptors (Lipinski definition) is 4. The Morgan fingerprint density at radius 1 is 0.971 bits per heavy atom. The van der Waals surface area contributed by atoms with Crippen LogP contribution in [0.3, 0.4) is 0 Å². The zero-order chi connectivity index (χ0) is 25.5. The molecule has 6 nitrogen and oxygen atoms in total. The first-order valence-electron chi connectivity index (χ1n) is 10.6. The van der Waals surface area contributed by atoms with Gasteiger partial charge < -0.3 is 11.1 Å². The van der Waals surface area contributed by atoms with Crippen molar-refractivity contribution in [1.29, 1.82) is 0 Å². The molecule has 4 rings (SSSR count). The summed E-state index contributed by atoms with van der Waals surface area (Å²) in [5.74, 6) is -5.72. The van der Waals surface area contributed by atoms with E-state index in [9.17, 15) is 22.0 Å². The zero-order valence-corrected chi connectivity index (χ0v) is 19.3. The average molecular weight is 508 g/mol. The molecule has 4 N–H and O–H groups in total. The molecule has 0 radical (unpaired) electrons. The molecule has 0 saturated heterocycles. The highest BCUT2D eigenvalue weighted by atomic mass is 32.2. The fourth-order valence-corrected chi connectivity index (χ4v) is 4.98. The lowest BCUT2D eigenvalue weighted by molar-refractivity contribution is 0.100.